The van der Waals surface area contributed by atoms with E-state index in [4.69, 9.17) is 24.4 Å². The third-order valence-corrected chi connectivity index (χ3v) is 5.58. The van der Waals surface area contributed by atoms with Crippen molar-refractivity contribution in [3.63, 3.8) is 0 Å². The molecule has 0 amide bonds. The van der Waals surface area contributed by atoms with E-state index >= 15 is 0 Å². The van der Waals surface area contributed by atoms with Crippen molar-refractivity contribution in [1.82, 2.24) is 0 Å². The summed E-state index contributed by atoms with van der Waals surface area (Å²) in [5, 5.41) is 10.4. The average molecular weight is 402 g/mol. The number of hydrogen-bond acceptors (Lipinski definition) is 7. The molecular formula is C23H18N2O5. The van der Waals surface area contributed by atoms with E-state index in [1.165, 1.54) is 0 Å². The maximum atomic E-state index is 12.9. The number of benzene rings is 2. The molecule has 0 unspecified atom stereocenters. The van der Waals surface area contributed by atoms with Gasteiger partial charge < -0.3 is 24.4 Å². The second kappa shape index (κ2) is 6.85. The van der Waals surface area contributed by atoms with Gasteiger partial charge in [0.15, 0.2) is 17.2 Å². The molecule has 0 spiro atoms. The monoisotopic (exact) mass is 402 g/mol. The lowest BCUT2D eigenvalue weighted by molar-refractivity contribution is 0.174. The molecule has 0 radical (unpaired) electrons. The molecule has 2 aliphatic rings. The van der Waals surface area contributed by atoms with E-state index in [9.17, 15) is 10.1 Å². The third kappa shape index (κ3) is 2.77. The lowest BCUT2D eigenvalue weighted by atomic mass is 9.78. The van der Waals surface area contributed by atoms with Crippen LogP contribution in [0.1, 0.15) is 24.0 Å². The van der Waals surface area contributed by atoms with Gasteiger partial charge in [-0.3, -0.25) is 0 Å². The summed E-state index contributed by atoms with van der Waals surface area (Å²) >= 11 is 0. The zero-order valence-electron chi connectivity index (χ0n) is 16.2. The molecule has 2 aromatic carbocycles. The van der Waals surface area contributed by atoms with Crippen LogP contribution in [0, 0.1) is 17.2 Å². The third-order valence-electron chi connectivity index (χ3n) is 5.58. The Hall–Kier alpha value is -3.92. The second-order valence-electron chi connectivity index (χ2n) is 7.47. The van der Waals surface area contributed by atoms with Gasteiger partial charge >= 0.3 is 5.63 Å². The molecule has 2 N–H and O–H groups in total. The highest BCUT2D eigenvalue weighted by Crippen LogP contribution is 2.44. The van der Waals surface area contributed by atoms with Crippen LogP contribution in [-0.4, -0.2) is 6.79 Å². The van der Waals surface area contributed by atoms with E-state index in [0.717, 1.165) is 5.56 Å². The number of nitriles is 1. The van der Waals surface area contributed by atoms with Crippen LogP contribution < -0.4 is 25.6 Å². The lowest BCUT2D eigenvalue weighted by Crippen LogP contribution is -2.29. The normalized spacial score (nSPS) is 17.9. The Labute approximate surface area is 171 Å². The average Bonchev–Trinajstić information content (AvgIpc) is 3.20. The lowest BCUT2D eigenvalue weighted by Gasteiger charge is -2.29. The van der Waals surface area contributed by atoms with E-state index in [1.807, 2.05) is 31.2 Å². The van der Waals surface area contributed by atoms with Gasteiger partial charge in [-0.1, -0.05) is 25.1 Å². The highest BCUT2D eigenvalue weighted by atomic mass is 16.7. The first-order valence-electron chi connectivity index (χ1n) is 9.58. The highest BCUT2D eigenvalue weighted by molar-refractivity contribution is 5.85. The first-order chi connectivity index (χ1) is 14.6. The van der Waals surface area contributed by atoms with Crippen molar-refractivity contribution in [3.05, 3.63) is 75.5 Å². The standard InChI is InChI=1S/C23H18N2O5/c1-12(8-13-6-7-17-18(9-13)28-11-27-17)19-15(10-24)22(25)30-21-14-4-2-3-5-16(14)29-23(26)20(19)21/h2-7,9,12,19H,8,11,25H2,1H3/t12-,19+/m0/s1. The summed E-state index contributed by atoms with van der Waals surface area (Å²) in [6.45, 7) is 2.18. The Morgan fingerprint density at radius 1 is 1.20 bits per heavy atom. The van der Waals surface area contributed by atoms with E-state index in [0.29, 0.717) is 40.2 Å². The molecule has 7 nitrogen and oxygen atoms in total. The minimum Gasteiger partial charge on any atom is -0.454 e. The molecule has 1 aromatic heterocycles. The number of allylic oxidation sites excluding steroid dienone is 1. The van der Waals surface area contributed by atoms with Gasteiger partial charge in [0, 0.05) is 5.92 Å². The zero-order chi connectivity index (χ0) is 20.8. The van der Waals surface area contributed by atoms with Crippen LogP contribution in [0.25, 0.3) is 11.0 Å². The van der Waals surface area contributed by atoms with Crippen molar-refractivity contribution in [2.24, 2.45) is 11.7 Å². The van der Waals surface area contributed by atoms with Gasteiger partial charge in [-0.25, -0.2) is 4.79 Å². The van der Waals surface area contributed by atoms with Crippen LogP contribution in [0.5, 0.6) is 17.2 Å². The van der Waals surface area contributed by atoms with E-state index in [1.54, 1.807) is 18.2 Å². The van der Waals surface area contributed by atoms with Crippen LogP contribution in [0.3, 0.4) is 0 Å². The minimum atomic E-state index is -0.551. The van der Waals surface area contributed by atoms with Crippen LogP contribution >= 0.6 is 0 Å². The van der Waals surface area contributed by atoms with Crippen LogP contribution in [0.15, 0.2) is 63.1 Å². The summed E-state index contributed by atoms with van der Waals surface area (Å²) < 4.78 is 22.1. The van der Waals surface area contributed by atoms with Gasteiger partial charge in [0.25, 0.3) is 0 Å². The SMILES string of the molecule is C[C@@H](Cc1ccc2c(c1)OCO2)[C@@H]1C(C#N)=C(N)Oc2c1c(=O)oc1ccccc21. The molecule has 0 saturated carbocycles. The number of para-hydroxylation sites is 1. The van der Waals surface area contributed by atoms with E-state index in [2.05, 4.69) is 6.07 Å². The predicted molar refractivity (Wildman–Crippen MR) is 108 cm³/mol. The molecule has 0 bridgehead atoms. The van der Waals surface area contributed by atoms with Gasteiger partial charge in [-0.15, -0.1) is 0 Å². The number of rotatable bonds is 3. The minimum absolute atomic E-state index is 0.0169. The van der Waals surface area contributed by atoms with E-state index in [-0.39, 0.29) is 24.2 Å². The predicted octanol–water partition coefficient (Wildman–Crippen LogP) is 3.57. The molecule has 0 fully saturated rings. The van der Waals surface area contributed by atoms with Crippen molar-refractivity contribution >= 4 is 11.0 Å². The first-order valence-corrected chi connectivity index (χ1v) is 9.58. The number of ether oxygens (including phenoxy) is 3. The molecule has 5 rings (SSSR count). The molecule has 150 valence electrons. The smallest absolute Gasteiger partial charge is 0.343 e. The molecule has 7 heteroatoms. The molecule has 30 heavy (non-hydrogen) atoms. The number of nitrogens with zero attached hydrogens (tertiary/aromatic N) is 1. The Balaban J connectivity index is 1.61. The van der Waals surface area contributed by atoms with Crippen LogP contribution in [0.4, 0.5) is 0 Å². The quantitative estimate of drug-likeness (QED) is 0.667. The van der Waals surface area contributed by atoms with Crippen molar-refractivity contribution < 1.29 is 18.6 Å². The summed E-state index contributed by atoms with van der Waals surface area (Å²) in [6.07, 6.45) is 0.589. The van der Waals surface area contributed by atoms with Gasteiger partial charge in [-0.2, -0.15) is 5.26 Å². The van der Waals surface area contributed by atoms with Gasteiger partial charge in [0.2, 0.25) is 12.7 Å². The fourth-order valence-corrected chi connectivity index (χ4v) is 4.23. The fraction of sp³-hybridized carbons (Fsp3) is 0.217. The summed E-state index contributed by atoms with van der Waals surface area (Å²) in [6, 6.07) is 15.0. The molecule has 3 aromatic rings. The molecule has 2 atom stereocenters. The van der Waals surface area contributed by atoms with Gasteiger partial charge in [0.05, 0.1) is 16.5 Å². The summed E-state index contributed by atoms with van der Waals surface area (Å²) in [5.41, 5.74) is 7.56. The van der Waals surface area contributed by atoms with Crippen molar-refractivity contribution in [2.75, 3.05) is 6.79 Å². The molecular weight excluding hydrogens is 384 g/mol. The summed E-state index contributed by atoms with van der Waals surface area (Å²) in [7, 11) is 0. The molecule has 2 aliphatic heterocycles. The van der Waals surface area contributed by atoms with E-state index < -0.39 is 11.5 Å². The highest BCUT2D eigenvalue weighted by Gasteiger charge is 2.37. The molecule has 0 saturated heterocycles. The van der Waals surface area contributed by atoms with Crippen molar-refractivity contribution in [1.29, 1.82) is 5.26 Å². The maximum Gasteiger partial charge on any atom is 0.343 e. The van der Waals surface area contributed by atoms with Crippen LogP contribution in [0.2, 0.25) is 0 Å². The Bertz CT molecular complexity index is 1300. The van der Waals surface area contributed by atoms with Crippen molar-refractivity contribution in [3.8, 4) is 23.3 Å². The van der Waals surface area contributed by atoms with Crippen LogP contribution in [-0.2, 0) is 6.42 Å². The van der Waals surface area contributed by atoms with Gasteiger partial charge in [0.1, 0.15) is 11.7 Å². The Kier molecular flexibility index (Phi) is 4.14. The van der Waals surface area contributed by atoms with Gasteiger partial charge in [-0.05, 0) is 42.2 Å². The Morgan fingerprint density at radius 2 is 2.00 bits per heavy atom. The number of fused-ring (bicyclic) bond motifs is 4. The summed E-state index contributed by atoms with van der Waals surface area (Å²) in [4.78, 5) is 12.9. The number of hydrogen-bond donors (Lipinski definition) is 1. The molecule has 3 heterocycles. The Morgan fingerprint density at radius 3 is 2.83 bits per heavy atom. The largest absolute Gasteiger partial charge is 0.454 e. The first kappa shape index (κ1) is 18.1. The van der Waals surface area contributed by atoms with Crippen molar-refractivity contribution in [2.45, 2.75) is 19.3 Å². The summed E-state index contributed by atoms with van der Waals surface area (Å²) in [5.74, 6) is 1.09. The fourth-order valence-electron chi connectivity index (χ4n) is 4.23. The second-order valence-corrected chi connectivity index (χ2v) is 7.47. The zero-order valence-corrected chi connectivity index (χ0v) is 16.2. The topological polar surface area (TPSA) is 108 Å². The maximum absolute atomic E-state index is 12.9. The molecule has 0 aliphatic carbocycles. The number of nitrogens with two attached hydrogens (primary N) is 1.